The van der Waals surface area contributed by atoms with E-state index >= 15 is 0 Å². The molecule has 4 fully saturated rings. The fraction of sp³-hybridized carbons (Fsp3) is 0.882. The number of nitrogens with one attached hydrogen (secondary N) is 1. The molecule has 4 bridgehead atoms. The highest BCUT2D eigenvalue weighted by molar-refractivity contribution is 5.90. The molecule has 4 aliphatic carbocycles. The van der Waals surface area contributed by atoms with Crippen molar-refractivity contribution in [3.63, 3.8) is 0 Å². The quantitative estimate of drug-likeness (QED) is 0.813. The Bertz CT molecular complexity index is 431. The Hall–Kier alpha value is -1.30. The van der Waals surface area contributed by atoms with Crippen molar-refractivity contribution in [2.45, 2.75) is 45.4 Å². The van der Waals surface area contributed by atoms with E-state index < -0.39 is 6.09 Å². The van der Waals surface area contributed by atoms with E-state index in [0.29, 0.717) is 6.54 Å². The van der Waals surface area contributed by atoms with Gasteiger partial charge in [-0.3, -0.25) is 0 Å². The lowest BCUT2D eigenvalue weighted by atomic mass is 9.49. The number of nitrogens with zero attached hydrogens (tertiary/aromatic N) is 1. The number of amides is 3. The van der Waals surface area contributed by atoms with Crippen molar-refractivity contribution in [1.29, 1.82) is 0 Å². The van der Waals surface area contributed by atoms with E-state index in [1.54, 1.807) is 6.92 Å². The van der Waals surface area contributed by atoms with Gasteiger partial charge in [-0.1, -0.05) is 0 Å². The highest BCUT2D eigenvalue weighted by Crippen LogP contribution is 2.59. The minimum atomic E-state index is -0.610. The van der Waals surface area contributed by atoms with Crippen LogP contribution in [0.4, 0.5) is 9.59 Å². The van der Waals surface area contributed by atoms with Gasteiger partial charge in [0.05, 0.1) is 6.61 Å². The third kappa shape index (κ3) is 3.47. The lowest BCUT2D eigenvalue weighted by Gasteiger charge is -2.56. The van der Waals surface area contributed by atoms with Crippen molar-refractivity contribution < 1.29 is 14.3 Å². The Labute approximate surface area is 138 Å². The molecule has 0 spiro atoms. The molecule has 4 aliphatic rings. The predicted octanol–water partition coefficient (Wildman–Crippen LogP) is 2.33. The Morgan fingerprint density at radius 1 is 1.17 bits per heavy atom. The SMILES string of the molecule is CCOC(=O)N(CCN)C(=O)NCC12CC3CC(CC(C3)C1)C2. The molecule has 0 heterocycles. The lowest BCUT2D eigenvalue weighted by molar-refractivity contribution is -0.0502. The number of imide groups is 1. The third-order valence-corrected chi connectivity index (χ3v) is 5.87. The van der Waals surface area contributed by atoms with Gasteiger partial charge in [-0.2, -0.15) is 0 Å². The van der Waals surface area contributed by atoms with Crippen molar-refractivity contribution in [1.82, 2.24) is 10.2 Å². The molecule has 130 valence electrons. The molecule has 4 rings (SSSR count). The topological polar surface area (TPSA) is 84.7 Å². The molecule has 0 atom stereocenters. The second-order valence-corrected chi connectivity index (χ2v) is 7.72. The van der Waals surface area contributed by atoms with Gasteiger partial charge in [-0.15, -0.1) is 0 Å². The van der Waals surface area contributed by atoms with Gasteiger partial charge in [-0.25, -0.2) is 14.5 Å². The van der Waals surface area contributed by atoms with E-state index in [4.69, 9.17) is 10.5 Å². The molecule has 0 aromatic carbocycles. The smallest absolute Gasteiger partial charge is 0.418 e. The Kier molecular flexibility index (Phi) is 4.80. The van der Waals surface area contributed by atoms with Gasteiger partial charge in [0.1, 0.15) is 0 Å². The summed E-state index contributed by atoms with van der Waals surface area (Å²) in [5, 5.41) is 2.99. The van der Waals surface area contributed by atoms with Crippen molar-refractivity contribution in [3.8, 4) is 0 Å². The summed E-state index contributed by atoms with van der Waals surface area (Å²) in [4.78, 5) is 25.4. The van der Waals surface area contributed by atoms with Crippen LogP contribution in [0.25, 0.3) is 0 Å². The first-order valence-electron chi connectivity index (χ1n) is 8.97. The van der Waals surface area contributed by atoms with Crippen LogP contribution < -0.4 is 11.1 Å². The molecule has 0 unspecified atom stereocenters. The van der Waals surface area contributed by atoms with Crippen LogP contribution in [0.5, 0.6) is 0 Å². The molecule has 0 aliphatic heterocycles. The number of hydrogen-bond acceptors (Lipinski definition) is 4. The van der Waals surface area contributed by atoms with Gasteiger partial charge in [-0.05, 0) is 68.6 Å². The minimum Gasteiger partial charge on any atom is -0.449 e. The summed E-state index contributed by atoms with van der Waals surface area (Å²) in [6, 6.07) is -0.371. The fourth-order valence-corrected chi connectivity index (χ4v) is 5.47. The standard InChI is InChI=1S/C17H29N3O3/c1-2-23-16(22)20(4-3-18)15(21)19-11-17-8-12-5-13(9-17)7-14(6-12)10-17/h12-14H,2-11,18H2,1H3,(H,19,21). The first-order valence-corrected chi connectivity index (χ1v) is 8.97. The van der Waals surface area contributed by atoms with Crippen molar-refractivity contribution in [2.75, 3.05) is 26.2 Å². The zero-order chi connectivity index (χ0) is 16.4. The van der Waals surface area contributed by atoms with Crippen LogP contribution in [0.15, 0.2) is 0 Å². The average Bonchev–Trinajstić information content (AvgIpc) is 2.49. The number of ether oxygens (including phenoxy) is 1. The van der Waals surface area contributed by atoms with Crippen molar-refractivity contribution in [2.24, 2.45) is 28.9 Å². The van der Waals surface area contributed by atoms with Crippen molar-refractivity contribution in [3.05, 3.63) is 0 Å². The summed E-state index contributed by atoms with van der Waals surface area (Å²) < 4.78 is 4.94. The van der Waals surface area contributed by atoms with E-state index in [1.807, 2.05) is 0 Å². The van der Waals surface area contributed by atoms with Gasteiger partial charge in [0, 0.05) is 19.6 Å². The molecule has 4 saturated carbocycles. The molecule has 3 amide bonds. The number of urea groups is 1. The van der Waals surface area contributed by atoms with E-state index in [0.717, 1.165) is 22.7 Å². The maximum atomic E-state index is 12.4. The second-order valence-electron chi connectivity index (χ2n) is 7.72. The Balaban J connectivity index is 1.58. The van der Waals surface area contributed by atoms with Crippen LogP contribution in [0.1, 0.15) is 45.4 Å². The largest absolute Gasteiger partial charge is 0.449 e. The normalized spacial score (nSPS) is 34.3. The van der Waals surface area contributed by atoms with Gasteiger partial charge in [0.15, 0.2) is 0 Å². The zero-order valence-corrected chi connectivity index (χ0v) is 14.1. The first-order chi connectivity index (χ1) is 11.0. The molecule has 0 aromatic rings. The van der Waals surface area contributed by atoms with E-state index in [9.17, 15) is 9.59 Å². The van der Waals surface area contributed by atoms with Crippen LogP contribution in [-0.4, -0.2) is 43.3 Å². The Morgan fingerprint density at radius 3 is 2.22 bits per heavy atom. The number of hydrogen-bond donors (Lipinski definition) is 2. The summed E-state index contributed by atoms with van der Waals surface area (Å²) in [5.41, 5.74) is 5.77. The molecule has 6 nitrogen and oxygen atoms in total. The summed E-state index contributed by atoms with van der Waals surface area (Å²) >= 11 is 0. The highest BCUT2D eigenvalue weighted by atomic mass is 16.6. The maximum Gasteiger partial charge on any atom is 0.418 e. The van der Waals surface area contributed by atoms with Crippen LogP contribution in [0.2, 0.25) is 0 Å². The molecule has 0 saturated heterocycles. The van der Waals surface area contributed by atoms with E-state index in [-0.39, 0.29) is 31.1 Å². The summed E-state index contributed by atoms with van der Waals surface area (Å²) in [5.74, 6) is 2.55. The average molecular weight is 323 g/mol. The molecule has 23 heavy (non-hydrogen) atoms. The van der Waals surface area contributed by atoms with E-state index in [2.05, 4.69) is 5.32 Å². The van der Waals surface area contributed by atoms with E-state index in [1.165, 1.54) is 38.5 Å². The highest BCUT2D eigenvalue weighted by Gasteiger charge is 2.50. The van der Waals surface area contributed by atoms with Gasteiger partial charge >= 0.3 is 12.1 Å². The van der Waals surface area contributed by atoms with Crippen LogP contribution >= 0.6 is 0 Å². The molecular weight excluding hydrogens is 294 g/mol. The van der Waals surface area contributed by atoms with Crippen LogP contribution in [0.3, 0.4) is 0 Å². The molecule has 3 N–H and O–H groups in total. The molecule has 0 radical (unpaired) electrons. The number of rotatable bonds is 5. The molecule has 6 heteroatoms. The van der Waals surface area contributed by atoms with Gasteiger partial charge < -0.3 is 15.8 Å². The number of nitrogens with two attached hydrogens (primary N) is 1. The lowest BCUT2D eigenvalue weighted by Crippen LogP contribution is -2.54. The predicted molar refractivity (Wildman–Crippen MR) is 86.8 cm³/mol. The summed E-state index contributed by atoms with van der Waals surface area (Å²) in [6.45, 7) is 3.08. The minimum absolute atomic E-state index is 0.186. The Morgan fingerprint density at radius 2 is 1.74 bits per heavy atom. The van der Waals surface area contributed by atoms with Gasteiger partial charge in [0.2, 0.25) is 0 Å². The zero-order valence-electron chi connectivity index (χ0n) is 14.1. The van der Waals surface area contributed by atoms with Gasteiger partial charge in [0.25, 0.3) is 0 Å². The van der Waals surface area contributed by atoms with Crippen molar-refractivity contribution >= 4 is 12.1 Å². The monoisotopic (exact) mass is 323 g/mol. The van der Waals surface area contributed by atoms with Crippen LogP contribution in [0, 0.1) is 23.2 Å². The summed E-state index contributed by atoms with van der Waals surface area (Å²) in [6.07, 6.45) is 7.24. The molecule has 0 aromatic heterocycles. The second kappa shape index (κ2) is 6.67. The fourth-order valence-electron chi connectivity index (χ4n) is 5.47. The first kappa shape index (κ1) is 16.6. The maximum absolute atomic E-state index is 12.4. The van der Waals surface area contributed by atoms with Crippen LogP contribution in [-0.2, 0) is 4.74 Å². The summed E-state index contributed by atoms with van der Waals surface area (Å²) in [7, 11) is 0. The number of carbonyl (C=O) groups excluding carboxylic acids is 2. The third-order valence-electron chi connectivity index (χ3n) is 5.87. The number of carbonyl (C=O) groups is 2. The molecular formula is C17H29N3O3.